The van der Waals surface area contributed by atoms with Gasteiger partial charge in [-0.25, -0.2) is 0 Å². The summed E-state index contributed by atoms with van der Waals surface area (Å²) >= 11 is 5.67. The van der Waals surface area contributed by atoms with Gasteiger partial charge >= 0.3 is 0 Å². The molecule has 2 aromatic rings. The minimum atomic E-state index is 0.759. The molecule has 88 valence electrons. The van der Waals surface area contributed by atoms with E-state index in [0.717, 1.165) is 25.1 Å². The first kappa shape index (κ1) is 12.1. The molecule has 0 bridgehead atoms. The standard InChI is InChI=1S/C15H16ClN/c16-10-2-1-3-13-4-6-14(7-5-13)15-8-11-17-12-9-15/h4-9,11-12H,1-3,10H2. The topological polar surface area (TPSA) is 12.9 Å². The lowest BCUT2D eigenvalue weighted by molar-refractivity contribution is 0.800. The van der Waals surface area contributed by atoms with Crippen LogP contribution in [0.15, 0.2) is 48.8 Å². The van der Waals surface area contributed by atoms with Crippen LogP contribution in [0.5, 0.6) is 0 Å². The average Bonchev–Trinajstić information content (AvgIpc) is 2.41. The van der Waals surface area contributed by atoms with Crippen molar-refractivity contribution in [3.63, 3.8) is 0 Å². The van der Waals surface area contributed by atoms with Crippen molar-refractivity contribution in [1.29, 1.82) is 0 Å². The van der Waals surface area contributed by atoms with Crippen LogP contribution >= 0.6 is 11.6 Å². The second-order valence-corrected chi connectivity index (χ2v) is 4.46. The fourth-order valence-electron chi connectivity index (χ4n) is 1.83. The van der Waals surface area contributed by atoms with E-state index in [-0.39, 0.29) is 0 Å². The van der Waals surface area contributed by atoms with Crippen LogP contribution in [0.4, 0.5) is 0 Å². The molecule has 0 fully saturated rings. The molecule has 0 saturated heterocycles. The zero-order valence-corrected chi connectivity index (χ0v) is 10.5. The summed E-state index contributed by atoms with van der Waals surface area (Å²) in [5.41, 5.74) is 3.84. The van der Waals surface area contributed by atoms with Gasteiger partial charge in [0.1, 0.15) is 0 Å². The van der Waals surface area contributed by atoms with Crippen molar-refractivity contribution in [3.05, 3.63) is 54.4 Å². The Morgan fingerprint density at radius 1 is 0.824 bits per heavy atom. The van der Waals surface area contributed by atoms with Gasteiger partial charge in [-0.05, 0) is 48.1 Å². The number of benzene rings is 1. The minimum Gasteiger partial charge on any atom is -0.265 e. The Morgan fingerprint density at radius 3 is 2.12 bits per heavy atom. The fourth-order valence-corrected chi connectivity index (χ4v) is 2.02. The Balaban J connectivity index is 2.03. The molecule has 0 aliphatic heterocycles. The highest BCUT2D eigenvalue weighted by atomic mass is 35.5. The Hall–Kier alpha value is -1.34. The molecule has 0 saturated carbocycles. The first-order chi connectivity index (χ1) is 8.40. The maximum atomic E-state index is 5.67. The summed E-state index contributed by atoms with van der Waals surface area (Å²) in [5.74, 6) is 0.759. The maximum absolute atomic E-state index is 5.67. The van der Waals surface area contributed by atoms with Crippen LogP contribution in [-0.2, 0) is 6.42 Å². The second-order valence-electron chi connectivity index (χ2n) is 4.08. The molecule has 0 aliphatic carbocycles. The van der Waals surface area contributed by atoms with Gasteiger partial charge in [-0.3, -0.25) is 4.98 Å². The molecule has 1 aromatic carbocycles. The van der Waals surface area contributed by atoms with Crippen molar-refractivity contribution in [2.75, 3.05) is 5.88 Å². The van der Waals surface area contributed by atoms with E-state index >= 15 is 0 Å². The summed E-state index contributed by atoms with van der Waals surface area (Å²) in [6.07, 6.45) is 7.02. The molecule has 0 unspecified atom stereocenters. The van der Waals surface area contributed by atoms with Gasteiger partial charge in [0.15, 0.2) is 0 Å². The number of halogens is 1. The molecule has 2 heteroatoms. The summed E-state index contributed by atoms with van der Waals surface area (Å²) in [6, 6.07) is 12.8. The Bertz CT molecular complexity index is 436. The van der Waals surface area contributed by atoms with Gasteiger partial charge < -0.3 is 0 Å². The Kier molecular flexibility index (Phi) is 4.57. The number of hydrogen-bond acceptors (Lipinski definition) is 1. The van der Waals surface area contributed by atoms with Crippen LogP contribution in [0.25, 0.3) is 11.1 Å². The van der Waals surface area contributed by atoms with Crippen LogP contribution in [0.3, 0.4) is 0 Å². The van der Waals surface area contributed by atoms with Crippen molar-refractivity contribution in [3.8, 4) is 11.1 Å². The van der Waals surface area contributed by atoms with Gasteiger partial charge in [-0.1, -0.05) is 24.3 Å². The molecular weight excluding hydrogens is 230 g/mol. The summed E-state index contributed by atoms with van der Waals surface area (Å²) < 4.78 is 0. The van der Waals surface area contributed by atoms with E-state index in [4.69, 9.17) is 11.6 Å². The van der Waals surface area contributed by atoms with Crippen molar-refractivity contribution >= 4 is 11.6 Å². The van der Waals surface area contributed by atoms with Gasteiger partial charge in [-0.15, -0.1) is 11.6 Å². The molecule has 0 N–H and O–H groups in total. The molecule has 0 spiro atoms. The summed E-state index contributed by atoms with van der Waals surface area (Å²) in [7, 11) is 0. The van der Waals surface area contributed by atoms with Crippen LogP contribution in [0, 0.1) is 0 Å². The summed E-state index contributed by atoms with van der Waals surface area (Å²) in [5, 5.41) is 0. The minimum absolute atomic E-state index is 0.759. The second kappa shape index (κ2) is 6.41. The molecule has 0 amide bonds. The SMILES string of the molecule is ClCCCCc1ccc(-c2ccncc2)cc1. The number of alkyl halides is 1. The summed E-state index contributed by atoms with van der Waals surface area (Å²) in [4.78, 5) is 4.03. The lowest BCUT2D eigenvalue weighted by Crippen LogP contribution is -1.86. The first-order valence-corrected chi connectivity index (χ1v) is 6.49. The van der Waals surface area contributed by atoms with Crippen LogP contribution in [-0.4, -0.2) is 10.9 Å². The molecule has 1 heterocycles. The van der Waals surface area contributed by atoms with Crippen molar-refractivity contribution in [2.24, 2.45) is 0 Å². The molecular formula is C15H16ClN. The zero-order valence-electron chi connectivity index (χ0n) is 9.77. The van der Waals surface area contributed by atoms with Gasteiger partial charge in [-0.2, -0.15) is 0 Å². The number of rotatable bonds is 5. The van der Waals surface area contributed by atoms with Gasteiger partial charge in [0.05, 0.1) is 0 Å². The van der Waals surface area contributed by atoms with E-state index in [9.17, 15) is 0 Å². The average molecular weight is 246 g/mol. The largest absolute Gasteiger partial charge is 0.265 e. The highest BCUT2D eigenvalue weighted by molar-refractivity contribution is 6.17. The van der Waals surface area contributed by atoms with Crippen molar-refractivity contribution < 1.29 is 0 Å². The molecule has 1 nitrogen and oxygen atoms in total. The van der Waals surface area contributed by atoms with Crippen LogP contribution < -0.4 is 0 Å². The third-order valence-electron chi connectivity index (χ3n) is 2.82. The zero-order chi connectivity index (χ0) is 11.9. The fraction of sp³-hybridized carbons (Fsp3) is 0.267. The van der Waals surface area contributed by atoms with E-state index in [1.54, 1.807) is 0 Å². The maximum Gasteiger partial charge on any atom is 0.0273 e. The van der Waals surface area contributed by atoms with Crippen molar-refractivity contribution in [1.82, 2.24) is 4.98 Å². The Labute approximate surface area is 107 Å². The molecule has 17 heavy (non-hydrogen) atoms. The highest BCUT2D eigenvalue weighted by Gasteiger charge is 1.97. The van der Waals surface area contributed by atoms with E-state index < -0.39 is 0 Å². The number of aromatic nitrogens is 1. The van der Waals surface area contributed by atoms with E-state index in [1.807, 2.05) is 24.5 Å². The van der Waals surface area contributed by atoms with E-state index in [1.165, 1.54) is 16.7 Å². The monoisotopic (exact) mass is 245 g/mol. The predicted octanol–water partition coefficient (Wildman–Crippen LogP) is 4.31. The van der Waals surface area contributed by atoms with Gasteiger partial charge in [0.2, 0.25) is 0 Å². The number of pyridine rings is 1. The molecule has 0 radical (unpaired) electrons. The van der Waals surface area contributed by atoms with Crippen molar-refractivity contribution in [2.45, 2.75) is 19.3 Å². The Morgan fingerprint density at radius 2 is 1.47 bits per heavy atom. The lowest BCUT2D eigenvalue weighted by Gasteiger charge is -2.04. The first-order valence-electron chi connectivity index (χ1n) is 5.95. The number of hydrogen-bond donors (Lipinski definition) is 0. The smallest absolute Gasteiger partial charge is 0.0273 e. The lowest BCUT2D eigenvalue weighted by atomic mass is 10.0. The molecule has 1 aromatic heterocycles. The number of nitrogens with zero attached hydrogens (tertiary/aromatic N) is 1. The third kappa shape index (κ3) is 3.57. The van der Waals surface area contributed by atoms with Gasteiger partial charge in [0, 0.05) is 18.3 Å². The normalized spacial score (nSPS) is 10.4. The molecule has 2 rings (SSSR count). The molecule has 0 aliphatic rings. The third-order valence-corrected chi connectivity index (χ3v) is 3.08. The number of unbranched alkanes of at least 4 members (excludes halogenated alkanes) is 1. The van der Waals surface area contributed by atoms with Gasteiger partial charge in [0.25, 0.3) is 0 Å². The quantitative estimate of drug-likeness (QED) is 0.565. The summed E-state index contributed by atoms with van der Waals surface area (Å²) in [6.45, 7) is 0. The molecule has 0 atom stereocenters. The van der Waals surface area contributed by atoms with Crippen LogP contribution in [0.2, 0.25) is 0 Å². The predicted molar refractivity (Wildman–Crippen MR) is 73.3 cm³/mol. The van der Waals surface area contributed by atoms with Crippen LogP contribution in [0.1, 0.15) is 18.4 Å². The highest BCUT2D eigenvalue weighted by Crippen LogP contribution is 2.19. The number of aryl methyl sites for hydroxylation is 1. The van der Waals surface area contributed by atoms with E-state index in [2.05, 4.69) is 29.2 Å². The van der Waals surface area contributed by atoms with E-state index in [0.29, 0.717) is 0 Å².